The van der Waals surface area contributed by atoms with Gasteiger partial charge in [-0.3, -0.25) is 0 Å². The van der Waals surface area contributed by atoms with Crippen LogP contribution in [0.4, 0.5) is 35.9 Å². The summed E-state index contributed by atoms with van der Waals surface area (Å²) in [6, 6.07) is 28.6. The Labute approximate surface area is 298 Å². The van der Waals surface area contributed by atoms with Gasteiger partial charge in [-0.15, -0.1) is 0 Å². The molecule has 0 radical (unpaired) electrons. The summed E-state index contributed by atoms with van der Waals surface area (Å²) in [4.78, 5) is 28.0. The molecule has 6 rings (SSSR count). The van der Waals surface area contributed by atoms with E-state index in [1.165, 1.54) is 58.3 Å². The van der Waals surface area contributed by atoms with Crippen LogP contribution in [0.15, 0.2) is 109 Å². The van der Waals surface area contributed by atoms with Crippen LogP contribution in [0.2, 0.25) is 0 Å². The average Bonchev–Trinajstić information content (AvgIpc) is 3.17. The number of likely N-dealkylation sites (tertiary alicyclic amines) is 2. The van der Waals surface area contributed by atoms with E-state index in [2.05, 4.69) is 0 Å². The summed E-state index contributed by atoms with van der Waals surface area (Å²) >= 11 is 0. The standard InChI is InChI=1S/2C20H20F3NO2/c2*21-17-8-6-15(7-9-17)18-12-16(19(22)23)10-11-24(18)20(25)26-13-14-4-2-1-3-5-14/h2*1-9,16,18-19H,10-13H2/t2*16-,18+/m10/s1. The zero-order valence-electron chi connectivity index (χ0n) is 28.3. The smallest absolute Gasteiger partial charge is 0.410 e. The van der Waals surface area contributed by atoms with Gasteiger partial charge in [0.1, 0.15) is 24.8 Å². The van der Waals surface area contributed by atoms with Gasteiger partial charge in [-0.1, -0.05) is 84.9 Å². The van der Waals surface area contributed by atoms with Gasteiger partial charge in [0.05, 0.1) is 12.1 Å². The van der Waals surface area contributed by atoms with Crippen molar-refractivity contribution < 1.29 is 45.4 Å². The molecule has 0 bridgehead atoms. The third-order valence-corrected chi connectivity index (χ3v) is 9.39. The van der Waals surface area contributed by atoms with Crippen molar-refractivity contribution in [1.82, 2.24) is 9.80 Å². The van der Waals surface area contributed by atoms with Crippen molar-refractivity contribution in [3.8, 4) is 0 Å². The lowest BCUT2D eigenvalue weighted by atomic mass is 9.87. The van der Waals surface area contributed by atoms with E-state index in [1.54, 1.807) is 0 Å². The Morgan fingerprint density at radius 2 is 0.904 bits per heavy atom. The van der Waals surface area contributed by atoms with Crippen molar-refractivity contribution in [2.45, 2.75) is 63.8 Å². The summed E-state index contributed by atoms with van der Waals surface area (Å²) in [5, 5.41) is 0. The fourth-order valence-corrected chi connectivity index (χ4v) is 6.49. The van der Waals surface area contributed by atoms with Crippen LogP contribution in [-0.4, -0.2) is 47.9 Å². The lowest BCUT2D eigenvalue weighted by Gasteiger charge is -2.38. The maximum absolute atomic E-state index is 13.2. The highest BCUT2D eigenvalue weighted by Gasteiger charge is 2.38. The summed E-state index contributed by atoms with van der Waals surface area (Å²) in [6.45, 7) is 0.602. The summed E-state index contributed by atoms with van der Waals surface area (Å²) < 4.78 is 89.8. The van der Waals surface area contributed by atoms with Gasteiger partial charge in [0.25, 0.3) is 0 Å². The zero-order chi connectivity index (χ0) is 37.0. The first kappa shape index (κ1) is 38.2. The molecule has 2 fully saturated rings. The summed E-state index contributed by atoms with van der Waals surface area (Å²) in [5.74, 6) is -2.40. The predicted octanol–water partition coefficient (Wildman–Crippen LogP) is 10.4. The van der Waals surface area contributed by atoms with Crippen LogP contribution < -0.4 is 0 Å². The highest BCUT2D eigenvalue weighted by molar-refractivity contribution is 5.69. The molecular weight excluding hydrogens is 686 g/mol. The molecule has 52 heavy (non-hydrogen) atoms. The van der Waals surface area contributed by atoms with Crippen LogP contribution in [-0.2, 0) is 22.7 Å². The monoisotopic (exact) mass is 726 g/mol. The zero-order valence-corrected chi connectivity index (χ0v) is 28.3. The minimum absolute atomic E-state index is 0.116. The number of amides is 2. The molecular formula is C40H40F6N2O4. The lowest BCUT2D eigenvalue weighted by Crippen LogP contribution is -2.42. The quantitative estimate of drug-likeness (QED) is 0.170. The number of alkyl halides is 4. The SMILES string of the molecule is O=C(OCc1ccccc1)N1CC[C@@H](C(F)F)C[C@H]1c1ccc(F)cc1.O=C(OCc1ccccc1)N1CC[C@H](C(F)F)C[C@@H]1c1ccc(F)cc1. The Bertz CT molecular complexity index is 1570. The largest absolute Gasteiger partial charge is 0.445 e. The van der Waals surface area contributed by atoms with E-state index >= 15 is 0 Å². The molecule has 2 aliphatic heterocycles. The van der Waals surface area contributed by atoms with Crippen molar-refractivity contribution in [2.24, 2.45) is 11.8 Å². The molecule has 2 aliphatic rings. The van der Waals surface area contributed by atoms with Crippen LogP contribution in [0, 0.1) is 23.5 Å². The molecule has 0 aliphatic carbocycles. The van der Waals surface area contributed by atoms with Crippen molar-refractivity contribution in [3.05, 3.63) is 143 Å². The number of ether oxygens (including phenoxy) is 2. The van der Waals surface area contributed by atoms with Gasteiger partial charge in [0.2, 0.25) is 12.9 Å². The van der Waals surface area contributed by atoms with Crippen molar-refractivity contribution in [2.75, 3.05) is 13.1 Å². The number of piperidine rings is 2. The van der Waals surface area contributed by atoms with Gasteiger partial charge >= 0.3 is 12.2 Å². The second-order valence-electron chi connectivity index (χ2n) is 12.8. The molecule has 276 valence electrons. The lowest BCUT2D eigenvalue weighted by molar-refractivity contribution is 0.00486. The molecule has 0 spiro atoms. The molecule has 0 saturated carbocycles. The Hall–Kier alpha value is -5.00. The molecule has 4 atom stereocenters. The van der Waals surface area contributed by atoms with E-state index in [1.807, 2.05) is 60.7 Å². The average molecular weight is 727 g/mol. The Morgan fingerprint density at radius 3 is 1.23 bits per heavy atom. The highest BCUT2D eigenvalue weighted by atomic mass is 19.3. The number of nitrogens with zero attached hydrogens (tertiary/aromatic N) is 2. The predicted molar refractivity (Wildman–Crippen MR) is 182 cm³/mol. The minimum Gasteiger partial charge on any atom is -0.445 e. The second-order valence-corrected chi connectivity index (χ2v) is 12.8. The molecule has 6 nitrogen and oxygen atoms in total. The summed E-state index contributed by atoms with van der Waals surface area (Å²) in [5.41, 5.74) is 2.96. The van der Waals surface area contributed by atoms with Crippen LogP contribution >= 0.6 is 0 Å². The van der Waals surface area contributed by atoms with E-state index in [0.717, 1.165) is 11.1 Å². The number of hydrogen-bond acceptors (Lipinski definition) is 4. The first-order chi connectivity index (χ1) is 25.1. The first-order valence-corrected chi connectivity index (χ1v) is 17.1. The van der Waals surface area contributed by atoms with Gasteiger partial charge in [0.15, 0.2) is 0 Å². The number of carbonyl (C=O) groups is 2. The number of rotatable bonds is 8. The van der Waals surface area contributed by atoms with E-state index in [0.29, 0.717) is 11.1 Å². The molecule has 2 heterocycles. The van der Waals surface area contributed by atoms with Crippen LogP contribution in [0.1, 0.15) is 60.0 Å². The molecule has 4 aromatic rings. The van der Waals surface area contributed by atoms with Crippen LogP contribution in [0.3, 0.4) is 0 Å². The molecule has 12 heteroatoms. The van der Waals surface area contributed by atoms with Crippen LogP contribution in [0.5, 0.6) is 0 Å². The maximum Gasteiger partial charge on any atom is 0.410 e. The number of benzene rings is 4. The van der Waals surface area contributed by atoms with Crippen molar-refractivity contribution in [1.29, 1.82) is 0 Å². The van der Waals surface area contributed by atoms with Crippen molar-refractivity contribution in [3.63, 3.8) is 0 Å². The van der Waals surface area contributed by atoms with Gasteiger partial charge in [-0.05, 0) is 72.2 Å². The van der Waals surface area contributed by atoms with Gasteiger partial charge in [0, 0.05) is 24.9 Å². The number of hydrogen-bond donors (Lipinski definition) is 0. The fraction of sp³-hybridized carbons (Fsp3) is 0.350. The van der Waals surface area contributed by atoms with Gasteiger partial charge in [-0.25, -0.2) is 35.9 Å². The van der Waals surface area contributed by atoms with E-state index < -0.39 is 60.6 Å². The van der Waals surface area contributed by atoms with Crippen LogP contribution in [0.25, 0.3) is 0 Å². The maximum atomic E-state index is 13.2. The summed E-state index contributed by atoms with van der Waals surface area (Å²) in [7, 11) is 0. The Kier molecular flexibility index (Phi) is 13.6. The number of carbonyl (C=O) groups excluding carboxylic acids is 2. The third-order valence-electron chi connectivity index (χ3n) is 9.39. The normalized spacial score (nSPS) is 20.2. The second kappa shape index (κ2) is 18.5. The fourth-order valence-electron chi connectivity index (χ4n) is 6.49. The molecule has 0 unspecified atom stereocenters. The van der Waals surface area contributed by atoms with E-state index in [9.17, 15) is 35.9 Å². The topological polar surface area (TPSA) is 59.1 Å². The number of halogens is 6. The van der Waals surface area contributed by atoms with E-state index in [4.69, 9.17) is 9.47 Å². The molecule has 2 saturated heterocycles. The molecule has 0 N–H and O–H groups in total. The highest BCUT2D eigenvalue weighted by Crippen LogP contribution is 2.39. The minimum atomic E-state index is -2.44. The summed E-state index contributed by atoms with van der Waals surface area (Å²) in [6.07, 6.45) is -5.29. The molecule has 0 aromatic heterocycles. The molecule has 4 aromatic carbocycles. The van der Waals surface area contributed by atoms with E-state index in [-0.39, 0.29) is 52.0 Å². The molecule has 2 amide bonds. The van der Waals surface area contributed by atoms with Gasteiger partial charge < -0.3 is 19.3 Å². The van der Waals surface area contributed by atoms with Crippen molar-refractivity contribution >= 4 is 12.2 Å². The first-order valence-electron chi connectivity index (χ1n) is 17.1. The Morgan fingerprint density at radius 1 is 0.558 bits per heavy atom. The Balaban J connectivity index is 0.000000201. The van der Waals surface area contributed by atoms with Gasteiger partial charge in [-0.2, -0.15) is 0 Å². The third kappa shape index (κ3) is 10.5.